The van der Waals surface area contributed by atoms with Gasteiger partial charge in [0.15, 0.2) is 5.78 Å². The second-order valence-electron chi connectivity index (χ2n) is 5.27. The Kier molecular flexibility index (Phi) is 3.30. The molecule has 2 aromatic rings. The number of carbonyl (C=O) groups excluding carboxylic acids is 1. The Bertz CT molecular complexity index is 626. The van der Waals surface area contributed by atoms with E-state index in [4.69, 9.17) is 4.52 Å². The van der Waals surface area contributed by atoms with Crippen LogP contribution in [0.5, 0.6) is 0 Å². The highest BCUT2D eigenvalue weighted by Crippen LogP contribution is 2.28. The molecule has 2 heterocycles. The standard InChI is InChI=1S/C16H18N2O2/c1-11-14(12(2)20-17-11)10-18-9-5-8-16(19)13-6-3-4-7-15(13)18/h3-4,6-7H,5,8-10H2,1-2H3. The highest BCUT2D eigenvalue weighted by molar-refractivity contribution is 6.01. The van der Waals surface area contributed by atoms with Gasteiger partial charge in [0.25, 0.3) is 0 Å². The first kappa shape index (κ1) is 12.9. The molecule has 1 aliphatic rings. The number of Topliss-reactive ketones (excluding diaryl/α,β-unsaturated/α-hetero) is 1. The molecule has 3 rings (SSSR count). The summed E-state index contributed by atoms with van der Waals surface area (Å²) in [6.07, 6.45) is 1.51. The second-order valence-corrected chi connectivity index (χ2v) is 5.27. The number of fused-ring (bicyclic) bond motifs is 1. The van der Waals surface area contributed by atoms with Gasteiger partial charge in [-0.05, 0) is 32.4 Å². The number of benzene rings is 1. The summed E-state index contributed by atoms with van der Waals surface area (Å²) in [6.45, 7) is 5.52. The molecule has 4 nitrogen and oxygen atoms in total. The quantitative estimate of drug-likeness (QED) is 0.840. The lowest BCUT2D eigenvalue weighted by Crippen LogP contribution is -2.24. The third kappa shape index (κ3) is 2.22. The molecule has 0 aliphatic carbocycles. The fourth-order valence-electron chi connectivity index (χ4n) is 2.75. The lowest BCUT2D eigenvalue weighted by molar-refractivity contribution is 0.0984. The van der Waals surface area contributed by atoms with Crippen LogP contribution in [-0.4, -0.2) is 17.5 Å². The second kappa shape index (κ2) is 5.12. The Labute approximate surface area is 118 Å². The van der Waals surface area contributed by atoms with E-state index in [1.165, 1.54) is 0 Å². The Morgan fingerprint density at radius 2 is 2.10 bits per heavy atom. The zero-order valence-corrected chi connectivity index (χ0v) is 11.8. The van der Waals surface area contributed by atoms with Crippen LogP contribution in [0.2, 0.25) is 0 Å². The normalized spacial score (nSPS) is 15.1. The fraction of sp³-hybridized carbons (Fsp3) is 0.375. The molecule has 0 bridgehead atoms. The highest BCUT2D eigenvalue weighted by atomic mass is 16.5. The number of aryl methyl sites for hydroxylation is 2. The summed E-state index contributed by atoms with van der Waals surface area (Å²) in [5.74, 6) is 1.09. The van der Waals surface area contributed by atoms with Gasteiger partial charge in [-0.15, -0.1) is 0 Å². The molecular weight excluding hydrogens is 252 g/mol. The van der Waals surface area contributed by atoms with Crippen molar-refractivity contribution in [2.45, 2.75) is 33.2 Å². The summed E-state index contributed by atoms with van der Waals surface area (Å²) in [5, 5.41) is 4.01. The van der Waals surface area contributed by atoms with E-state index in [-0.39, 0.29) is 5.78 Å². The maximum Gasteiger partial charge on any atom is 0.165 e. The van der Waals surface area contributed by atoms with E-state index in [0.717, 1.165) is 47.8 Å². The molecule has 0 amide bonds. The Hall–Kier alpha value is -2.10. The van der Waals surface area contributed by atoms with Crippen LogP contribution in [0.15, 0.2) is 28.8 Å². The number of hydrogen-bond donors (Lipinski definition) is 0. The summed E-state index contributed by atoms with van der Waals surface area (Å²) in [6, 6.07) is 7.86. The van der Waals surface area contributed by atoms with Gasteiger partial charge in [-0.2, -0.15) is 0 Å². The lowest BCUT2D eigenvalue weighted by atomic mass is 10.1. The van der Waals surface area contributed by atoms with Crippen molar-refractivity contribution in [2.24, 2.45) is 0 Å². The van der Waals surface area contributed by atoms with Gasteiger partial charge < -0.3 is 9.42 Å². The van der Waals surface area contributed by atoms with Crippen molar-refractivity contribution in [3.05, 3.63) is 46.8 Å². The molecule has 0 atom stereocenters. The van der Waals surface area contributed by atoms with Crippen LogP contribution in [0, 0.1) is 13.8 Å². The van der Waals surface area contributed by atoms with Crippen LogP contribution in [-0.2, 0) is 6.54 Å². The molecule has 4 heteroatoms. The smallest absolute Gasteiger partial charge is 0.165 e. The molecule has 0 N–H and O–H groups in total. The molecular formula is C16H18N2O2. The van der Waals surface area contributed by atoms with Crippen LogP contribution in [0.25, 0.3) is 0 Å². The molecule has 0 saturated carbocycles. The van der Waals surface area contributed by atoms with Crippen LogP contribution in [0.3, 0.4) is 0 Å². The van der Waals surface area contributed by atoms with Crippen molar-refractivity contribution in [3.63, 3.8) is 0 Å². The fourth-order valence-corrected chi connectivity index (χ4v) is 2.75. The van der Waals surface area contributed by atoms with E-state index in [2.05, 4.69) is 10.1 Å². The summed E-state index contributed by atoms with van der Waals surface area (Å²) in [5.41, 5.74) is 3.90. The SMILES string of the molecule is Cc1noc(C)c1CN1CCCC(=O)c2ccccc21. The van der Waals surface area contributed by atoms with Crippen LogP contribution in [0.4, 0.5) is 5.69 Å². The number of carbonyl (C=O) groups is 1. The molecule has 20 heavy (non-hydrogen) atoms. The van der Waals surface area contributed by atoms with Gasteiger partial charge in [-0.3, -0.25) is 4.79 Å². The van der Waals surface area contributed by atoms with Gasteiger partial charge in [0.1, 0.15) is 5.76 Å². The molecule has 1 aromatic carbocycles. The summed E-state index contributed by atoms with van der Waals surface area (Å²) in [7, 11) is 0. The summed E-state index contributed by atoms with van der Waals surface area (Å²) < 4.78 is 5.23. The third-order valence-electron chi connectivity index (χ3n) is 3.91. The van der Waals surface area contributed by atoms with Gasteiger partial charge in [0.05, 0.1) is 5.69 Å². The molecule has 0 spiro atoms. The number of anilines is 1. The van der Waals surface area contributed by atoms with Crippen molar-refractivity contribution in [1.29, 1.82) is 0 Å². The maximum atomic E-state index is 12.1. The van der Waals surface area contributed by atoms with Crippen molar-refractivity contribution in [1.82, 2.24) is 5.16 Å². The Balaban J connectivity index is 1.98. The molecule has 104 valence electrons. The summed E-state index contributed by atoms with van der Waals surface area (Å²) in [4.78, 5) is 14.4. The highest BCUT2D eigenvalue weighted by Gasteiger charge is 2.22. The monoisotopic (exact) mass is 270 g/mol. The number of aromatic nitrogens is 1. The largest absolute Gasteiger partial charge is 0.366 e. The Morgan fingerprint density at radius 1 is 1.30 bits per heavy atom. The van der Waals surface area contributed by atoms with E-state index in [1.54, 1.807) is 0 Å². The molecule has 0 fully saturated rings. The first-order valence-corrected chi connectivity index (χ1v) is 6.95. The Morgan fingerprint density at radius 3 is 2.85 bits per heavy atom. The lowest BCUT2D eigenvalue weighted by Gasteiger charge is -2.24. The number of rotatable bonds is 2. The number of ketones is 1. The van der Waals surface area contributed by atoms with Crippen LogP contribution >= 0.6 is 0 Å². The van der Waals surface area contributed by atoms with Gasteiger partial charge in [0.2, 0.25) is 0 Å². The van der Waals surface area contributed by atoms with Crippen LogP contribution in [0.1, 0.15) is 40.2 Å². The van der Waals surface area contributed by atoms with E-state index in [9.17, 15) is 4.79 Å². The molecule has 1 aliphatic heterocycles. The van der Waals surface area contributed by atoms with Gasteiger partial charge in [-0.1, -0.05) is 17.3 Å². The van der Waals surface area contributed by atoms with E-state index in [1.807, 2.05) is 38.1 Å². The zero-order chi connectivity index (χ0) is 14.1. The van der Waals surface area contributed by atoms with E-state index >= 15 is 0 Å². The third-order valence-corrected chi connectivity index (χ3v) is 3.91. The average Bonchev–Trinajstić information content (AvgIpc) is 2.68. The van der Waals surface area contributed by atoms with E-state index < -0.39 is 0 Å². The van der Waals surface area contributed by atoms with Crippen molar-refractivity contribution < 1.29 is 9.32 Å². The van der Waals surface area contributed by atoms with Gasteiger partial charge in [0, 0.05) is 36.3 Å². The first-order chi connectivity index (χ1) is 9.66. The predicted molar refractivity (Wildman–Crippen MR) is 77.0 cm³/mol. The minimum Gasteiger partial charge on any atom is -0.366 e. The molecule has 1 aromatic heterocycles. The molecule has 0 radical (unpaired) electrons. The average molecular weight is 270 g/mol. The van der Waals surface area contributed by atoms with Gasteiger partial charge in [-0.25, -0.2) is 0 Å². The van der Waals surface area contributed by atoms with Crippen molar-refractivity contribution >= 4 is 11.5 Å². The topological polar surface area (TPSA) is 46.3 Å². The zero-order valence-electron chi connectivity index (χ0n) is 11.8. The van der Waals surface area contributed by atoms with Gasteiger partial charge >= 0.3 is 0 Å². The minimum atomic E-state index is 0.238. The predicted octanol–water partition coefficient (Wildman–Crippen LogP) is 3.27. The molecule has 0 saturated heterocycles. The van der Waals surface area contributed by atoms with E-state index in [0.29, 0.717) is 6.42 Å². The molecule has 0 unspecified atom stereocenters. The van der Waals surface area contributed by atoms with Crippen molar-refractivity contribution in [2.75, 3.05) is 11.4 Å². The van der Waals surface area contributed by atoms with Crippen LogP contribution < -0.4 is 4.90 Å². The minimum absolute atomic E-state index is 0.238. The maximum absolute atomic E-state index is 12.1. The number of nitrogens with zero attached hydrogens (tertiary/aromatic N) is 2. The summed E-state index contributed by atoms with van der Waals surface area (Å²) >= 11 is 0. The first-order valence-electron chi connectivity index (χ1n) is 6.95. The number of para-hydroxylation sites is 1. The number of hydrogen-bond acceptors (Lipinski definition) is 4. The van der Waals surface area contributed by atoms with Crippen molar-refractivity contribution in [3.8, 4) is 0 Å².